The maximum Gasteiger partial charge on any atom is 0.310 e. The molecule has 0 atom stereocenters. The third-order valence-electron chi connectivity index (χ3n) is 3.51. The summed E-state index contributed by atoms with van der Waals surface area (Å²) in [5, 5.41) is 17.3. The number of carbonyl (C=O) groups is 2. The molecule has 0 radical (unpaired) electrons. The number of carbonyl (C=O) groups excluding carboxylic acids is 1. The van der Waals surface area contributed by atoms with E-state index in [0.717, 1.165) is 17.6 Å². The predicted molar refractivity (Wildman–Crippen MR) is 84.0 cm³/mol. The molecule has 1 aliphatic rings. The zero-order valence-corrected chi connectivity index (χ0v) is 12.6. The largest absolute Gasteiger partial charge is 0.481 e. The average molecular weight is 311 g/mol. The second-order valence-corrected chi connectivity index (χ2v) is 5.24. The average Bonchev–Trinajstić information content (AvgIpc) is 2.55. The Balaban J connectivity index is 1.91. The number of aliphatic carboxylic acids is 1. The maximum atomic E-state index is 11.6. The molecule has 1 aromatic carbocycles. The molecule has 0 bridgehead atoms. The van der Waals surface area contributed by atoms with Gasteiger partial charge in [0.15, 0.2) is 0 Å². The van der Waals surface area contributed by atoms with Gasteiger partial charge in [-0.1, -0.05) is 18.2 Å². The third-order valence-corrected chi connectivity index (χ3v) is 3.51. The summed E-state index contributed by atoms with van der Waals surface area (Å²) in [5.41, 5.74) is 2.80. The van der Waals surface area contributed by atoms with Crippen LogP contribution in [0.3, 0.4) is 0 Å². The van der Waals surface area contributed by atoms with Gasteiger partial charge in [-0.2, -0.15) is 5.26 Å². The highest BCUT2D eigenvalue weighted by Gasteiger charge is 2.13. The van der Waals surface area contributed by atoms with Crippen LogP contribution in [-0.4, -0.2) is 17.0 Å². The number of benzene rings is 1. The highest BCUT2D eigenvalue weighted by molar-refractivity contribution is 5.73. The number of ether oxygens (including phenoxy) is 1. The summed E-state index contributed by atoms with van der Waals surface area (Å²) in [4.78, 5) is 22.0. The van der Waals surface area contributed by atoms with E-state index < -0.39 is 11.9 Å². The van der Waals surface area contributed by atoms with Crippen LogP contribution in [0.25, 0.3) is 5.57 Å². The molecule has 0 amide bonds. The molecule has 0 saturated heterocycles. The van der Waals surface area contributed by atoms with Gasteiger partial charge in [0.2, 0.25) is 0 Å². The predicted octanol–water partition coefficient (Wildman–Crippen LogP) is 3.42. The summed E-state index contributed by atoms with van der Waals surface area (Å²) in [7, 11) is 0. The fourth-order valence-corrected chi connectivity index (χ4v) is 2.28. The van der Waals surface area contributed by atoms with Crippen LogP contribution >= 0.6 is 0 Å². The van der Waals surface area contributed by atoms with Gasteiger partial charge in [0.1, 0.15) is 5.76 Å². The first-order valence-corrected chi connectivity index (χ1v) is 7.41. The summed E-state index contributed by atoms with van der Waals surface area (Å²) in [5.74, 6) is -0.708. The van der Waals surface area contributed by atoms with E-state index >= 15 is 0 Å². The molecule has 0 aromatic heterocycles. The number of rotatable bonds is 6. The van der Waals surface area contributed by atoms with Gasteiger partial charge in [0.25, 0.3) is 0 Å². The normalized spacial score (nSPS) is 13.5. The zero-order valence-electron chi connectivity index (χ0n) is 12.6. The molecule has 1 aromatic rings. The number of allylic oxidation sites excluding steroid dienone is 4. The Labute approximate surface area is 134 Å². The molecule has 0 heterocycles. The van der Waals surface area contributed by atoms with Crippen molar-refractivity contribution in [3.8, 4) is 6.07 Å². The molecule has 2 rings (SSSR count). The first-order valence-electron chi connectivity index (χ1n) is 7.41. The molecule has 5 heteroatoms. The van der Waals surface area contributed by atoms with Crippen LogP contribution in [0, 0.1) is 11.3 Å². The van der Waals surface area contributed by atoms with Gasteiger partial charge in [-0.25, -0.2) is 0 Å². The molecule has 23 heavy (non-hydrogen) atoms. The second kappa shape index (κ2) is 7.95. The summed E-state index contributed by atoms with van der Waals surface area (Å²) < 4.78 is 5.24. The lowest BCUT2D eigenvalue weighted by Crippen LogP contribution is -2.07. The molecular formula is C18H17NO4. The topological polar surface area (TPSA) is 87.4 Å². The van der Waals surface area contributed by atoms with Crippen LogP contribution in [0.15, 0.2) is 42.2 Å². The molecule has 0 aliphatic heterocycles. The van der Waals surface area contributed by atoms with Crippen molar-refractivity contribution in [1.82, 2.24) is 0 Å². The van der Waals surface area contributed by atoms with Crippen LogP contribution in [0.5, 0.6) is 0 Å². The zero-order chi connectivity index (χ0) is 16.7. The molecule has 0 spiro atoms. The minimum atomic E-state index is -0.912. The van der Waals surface area contributed by atoms with Crippen molar-refractivity contribution in [3.05, 3.63) is 53.3 Å². The molecule has 0 fully saturated rings. The van der Waals surface area contributed by atoms with Crippen LogP contribution in [-0.2, 0) is 14.3 Å². The van der Waals surface area contributed by atoms with Gasteiger partial charge in [0.05, 0.1) is 11.6 Å². The van der Waals surface area contributed by atoms with Crippen LogP contribution in [0.1, 0.15) is 43.2 Å². The van der Waals surface area contributed by atoms with E-state index in [9.17, 15) is 9.59 Å². The van der Waals surface area contributed by atoms with Crippen molar-refractivity contribution >= 4 is 17.5 Å². The molecule has 5 nitrogen and oxygen atoms in total. The number of esters is 1. The van der Waals surface area contributed by atoms with Crippen molar-refractivity contribution < 1.29 is 19.4 Å². The minimum absolute atomic E-state index is 0.0309. The smallest absolute Gasteiger partial charge is 0.310 e. The van der Waals surface area contributed by atoms with E-state index in [1.807, 2.05) is 18.2 Å². The van der Waals surface area contributed by atoms with Crippen molar-refractivity contribution in [3.63, 3.8) is 0 Å². The van der Waals surface area contributed by atoms with Crippen molar-refractivity contribution in [1.29, 1.82) is 5.26 Å². The lowest BCUT2D eigenvalue weighted by molar-refractivity contribution is -0.140. The summed E-state index contributed by atoms with van der Waals surface area (Å²) in [6.07, 6.45) is 5.41. The number of hydrogen-bond acceptors (Lipinski definition) is 4. The van der Waals surface area contributed by atoms with Gasteiger partial charge in [-0.05, 0) is 42.2 Å². The molecule has 0 unspecified atom stereocenters. The molecule has 0 saturated carbocycles. The number of nitrogens with zero attached hydrogens (tertiary/aromatic N) is 1. The first-order chi connectivity index (χ1) is 11.1. The van der Waals surface area contributed by atoms with Crippen LogP contribution < -0.4 is 0 Å². The number of carboxylic acids is 1. The SMILES string of the molecule is N#Cc1ccc(C2=CC=C(OC(=O)CCCC(=O)O)CC2)cc1. The minimum Gasteiger partial charge on any atom is -0.481 e. The maximum absolute atomic E-state index is 11.6. The lowest BCUT2D eigenvalue weighted by atomic mass is 9.96. The molecule has 1 aliphatic carbocycles. The number of carboxylic acid groups (broad SMARTS) is 1. The van der Waals surface area contributed by atoms with Gasteiger partial charge >= 0.3 is 11.9 Å². The highest BCUT2D eigenvalue weighted by Crippen LogP contribution is 2.27. The van der Waals surface area contributed by atoms with Gasteiger partial charge in [-0.3, -0.25) is 9.59 Å². The first kappa shape index (κ1) is 16.5. The molecule has 118 valence electrons. The second-order valence-electron chi connectivity index (χ2n) is 5.24. The van der Waals surface area contributed by atoms with Crippen molar-refractivity contribution in [2.75, 3.05) is 0 Å². The Bertz CT molecular complexity index is 693. The van der Waals surface area contributed by atoms with Gasteiger partial charge < -0.3 is 9.84 Å². The van der Waals surface area contributed by atoms with Gasteiger partial charge in [0, 0.05) is 19.3 Å². The van der Waals surface area contributed by atoms with E-state index in [2.05, 4.69) is 6.07 Å². The highest BCUT2D eigenvalue weighted by atomic mass is 16.5. The Morgan fingerprint density at radius 3 is 2.43 bits per heavy atom. The van der Waals surface area contributed by atoms with Crippen molar-refractivity contribution in [2.24, 2.45) is 0 Å². The van der Waals surface area contributed by atoms with E-state index in [4.69, 9.17) is 15.1 Å². The third kappa shape index (κ3) is 5.11. The Morgan fingerprint density at radius 2 is 1.87 bits per heavy atom. The summed E-state index contributed by atoms with van der Waals surface area (Å²) in [6, 6.07) is 9.44. The van der Waals surface area contributed by atoms with E-state index in [1.165, 1.54) is 0 Å². The van der Waals surface area contributed by atoms with Crippen LogP contribution in [0.2, 0.25) is 0 Å². The van der Waals surface area contributed by atoms with Crippen molar-refractivity contribution in [2.45, 2.75) is 32.1 Å². The summed E-state index contributed by atoms with van der Waals surface area (Å²) >= 11 is 0. The fraction of sp³-hybridized carbons (Fsp3) is 0.278. The lowest BCUT2D eigenvalue weighted by Gasteiger charge is -2.15. The standard InChI is InChI=1S/C18H17NO4/c19-12-13-4-6-14(7-5-13)15-8-10-16(11-9-15)23-18(22)3-1-2-17(20)21/h4-8,10H,1-3,9,11H2,(H,20,21). The fourth-order valence-electron chi connectivity index (χ4n) is 2.28. The Hall–Kier alpha value is -2.87. The quantitative estimate of drug-likeness (QED) is 0.813. The van der Waals surface area contributed by atoms with Crippen LogP contribution in [0.4, 0.5) is 0 Å². The Kier molecular flexibility index (Phi) is 5.70. The molecular weight excluding hydrogens is 294 g/mol. The van der Waals surface area contributed by atoms with Gasteiger partial charge in [-0.15, -0.1) is 0 Å². The van der Waals surface area contributed by atoms with E-state index in [-0.39, 0.29) is 19.3 Å². The number of nitriles is 1. The molecule has 1 N–H and O–H groups in total. The summed E-state index contributed by atoms with van der Waals surface area (Å²) in [6.45, 7) is 0. The number of hydrogen-bond donors (Lipinski definition) is 1. The van der Waals surface area contributed by atoms with E-state index in [0.29, 0.717) is 17.7 Å². The monoisotopic (exact) mass is 311 g/mol. The Morgan fingerprint density at radius 1 is 1.13 bits per heavy atom. The van der Waals surface area contributed by atoms with E-state index in [1.54, 1.807) is 18.2 Å².